The summed E-state index contributed by atoms with van der Waals surface area (Å²) in [7, 11) is 0. The lowest BCUT2D eigenvalue weighted by molar-refractivity contribution is 0.0740. The molecule has 1 aliphatic rings. The van der Waals surface area contributed by atoms with Crippen molar-refractivity contribution in [2.45, 2.75) is 6.92 Å². The summed E-state index contributed by atoms with van der Waals surface area (Å²) in [6.07, 6.45) is 1.48. The molecular formula is C23H25N5O. The monoisotopic (exact) mass is 387 g/mol. The Labute approximate surface area is 171 Å². The van der Waals surface area contributed by atoms with Gasteiger partial charge in [-0.05, 0) is 31.2 Å². The molecule has 0 spiro atoms. The van der Waals surface area contributed by atoms with E-state index in [2.05, 4.69) is 38.8 Å². The molecule has 1 saturated heterocycles. The van der Waals surface area contributed by atoms with Gasteiger partial charge >= 0.3 is 0 Å². The largest absolute Gasteiger partial charge is 0.368 e. The fourth-order valence-corrected chi connectivity index (χ4v) is 3.66. The van der Waals surface area contributed by atoms with Gasteiger partial charge in [0.05, 0.1) is 0 Å². The SMILES string of the molecule is CCN(c1ccccc1)c1cc(C(=O)N2CCN(c3ccccc3)CC2)ncn1. The van der Waals surface area contributed by atoms with Crippen molar-refractivity contribution in [3.8, 4) is 0 Å². The van der Waals surface area contributed by atoms with Gasteiger partial charge in [0.25, 0.3) is 5.91 Å². The number of amides is 1. The van der Waals surface area contributed by atoms with Gasteiger partial charge in [-0.15, -0.1) is 0 Å². The lowest BCUT2D eigenvalue weighted by atomic mass is 10.2. The molecule has 3 aromatic rings. The number of benzene rings is 2. The van der Waals surface area contributed by atoms with E-state index in [0.29, 0.717) is 18.8 Å². The zero-order valence-corrected chi connectivity index (χ0v) is 16.6. The van der Waals surface area contributed by atoms with Gasteiger partial charge in [0.1, 0.15) is 17.8 Å². The van der Waals surface area contributed by atoms with Gasteiger partial charge < -0.3 is 14.7 Å². The van der Waals surface area contributed by atoms with Gasteiger partial charge in [0.2, 0.25) is 0 Å². The summed E-state index contributed by atoms with van der Waals surface area (Å²) in [5.41, 5.74) is 2.69. The maximum absolute atomic E-state index is 13.0. The predicted molar refractivity (Wildman–Crippen MR) is 116 cm³/mol. The van der Waals surface area contributed by atoms with Gasteiger partial charge in [-0.1, -0.05) is 36.4 Å². The van der Waals surface area contributed by atoms with Crippen LogP contribution < -0.4 is 9.80 Å². The molecule has 6 nitrogen and oxygen atoms in total. The first kappa shape index (κ1) is 18.9. The number of rotatable bonds is 5. The summed E-state index contributed by atoms with van der Waals surface area (Å²) in [4.78, 5) is 28.0. The number of aromatic nitrogens is 2. The fraction of sp³-hybridized carbons (Fsp3) is 0.261. The molecule has 0 atom stereocenters. The Morgan fingerprint density at radius 1 is 0.931 bits per heavy atom. The molecule has 1 fully saturated rings. The Balaban J connectivity index is 1.46. The molecule has 1 aliphatic heterocycles. The summed E-state index contributed by atoms with van der Waals surface area (Å²) >= 11 is 0. The Morgan fingerprint density at radius 2 is 1.59 bits per heavy atom. The van der Waals surface area contributed by atoms with Gasteiger partial charge in [-0.25, -0.2) is 9.97 Å². The van der Waals surface area contributed by atoms with Crippen molar-refractivity contribution in [2.24, 2.45) is 0 Å². The van der Waals surface area contributed by atoms with Gasteiger partial charge in [0.15, 0.2) is 0 Å². The lowest BCUT2D eigenvalue weighted by Gasteiger charge is -2.36. The minimum absolute atomic E-state index is 0.0366. The van der Waals surface area contributed by atoms with Crippen LogP contribution in [-0.4, -0.2) is 53.5 Å². The molecule has 148 valence electrons. The third-order valence-electron chi connectivity index (χ3n) is 5.22. The highest BCUT2D eigenvalue weighted by Gasteiger charge is 2.24. The standard InChI is InChI=1S/C23H25N5O/c1-2-28(20-11-7-4-8-12-20)22-17-21(24-18-25-22)23(29)27-15-13-26(14-16-27)19-9-5-3-6-10-19/h3-12,17-18H,2,13-16H2,1H3. The molecule has 2 aromatic carbocycles. The number of carbonyl (C=O) groups excluding carboxylic acids is 1. The minimum atomic E-state index is -0.0366. The molecule has 0 bridgehead atoms. The first-order chi connectivity index (χ1) is 14.3. The maximum atomic E-state index is 13.0. The molecule has 2 heterocycles. The highest BCUT2D eigenvalue weighted by molar-refractivity contribution is 5.93. The molecule has 0 unspecified atom stereocenters. The maximum Gasteiger partial charge on any atom is 0.272 e. The number of hydrogen-bond donors (Lipinski definition) is 0. The van der Waals surface area contributed by atoms with Crippen LogP contribution in [0, 0.1) is 0 Å². The topological polar surface area (TPSA) is 52.6 Å². The van der Waals surface area contributed by atoms with E-state index in [9.17, 15) is 4.79 Å². The van der Waals surface area contributed by atoms with Crippen LogP contribution in [0.5, 0.6) is 0 Å². The molecule has 0 saturated carbocycles. The third-order valence-corrected chi connectivity index (χ3v) is 5.22. The Bertz CT molecular complexity index is 940. The van der Waals surface area contributed by atoms with E-state index in [4.69, 9.17) is 0 Å². The molecule has 0 radical (unpaired) electrons. The quantitative estimate of drug-likeness (QED) is 0.670. The highest BCUT2D eigenvalue weighted by Crippen LogP contribution is 2.23. The molecule has 1 aromatic heterocycles. The molecule has 29 heavy (non-hydrogen) atoms. The molecule has 0 aliphatic carbocycles. The van der Waals surface area contributed by atoms with Gasteiger partial charge in [-0.2, -0.15) is 0 Å². The van der Waals surface area contributed by atoms with Crippen molar-refractivity contribution >= 4 is 23.1 Å². The molecular weight excluding hydrogens is 362 g/mol. The third kappa shape index (κ3) is 4.21. The first-order valence-corrected chi connectivity index (χ1v) is 10.00. The zero-order chi connectivity index (χ0) is 20.1. The second kappa shape index (κ2) is 8.73. The van der Waals surface area contributed by atoms with Crippen molar-refractivity contribution < 1.29 is 4.79 Å². The number of para-hydroxylation sites is 2. The van der Waals surface area contributed by atoms with Crippen LogP contribution in [0.3, 0.4) is 0 Å². The van der Waals surface area contributed by atoms with E-state index in [1.165, 1.54) is 12.0 Å². The van der Waals surface area contributed by atoms with Crippen LogP contribution in [0.1, 0.15) is 17.4 Å². The normalized spacial score (nSPS) is 14.0. The van der Waals surface area contributed by atoms with Crippen molar-refractivity contribution in [3.05, 3.63) is 78.8 Å². The Hall–Kier alpha value is -3.41. The second-order valence-corrected chi connectivity index (χ2v) is 6.96. The van der Waals surface area contributed by atoms with Crippen LogP contribution in [-0.2, 0) is 0 Å². The summed E-state index contributed by atoms with van der Waals surface area (Å²) in [5, 5.41) is 0. The summed E-state index contributed by atoms with van der Waals surface area (Å²) < 4.78 is 0. The number of anilines is 3. The van der Waals surface area contributed by atoms with Crippen molar-refractivity contribution in [2.75, 3.05) is 42.5 Å². The second-order valence-electron chi connectivity index (χ2n) is 6.96. The molecule has 4 rings (SSSR count). The van der Waals surface area contributed by atoms with Crippen molar-refractivity contribution in [3.63, 3.8) is 0 Å². The van der Waals surface area contributed by atoms with E-state index >= 15 is 0 Å². The predicted octanol–water partition coefficient (Wildman–Crippen LogP) is 3.60. The Morgan fingerprint density at radius 3 is 2.24 bits per heavy atom. The zero-order valence-electron chi connectivity index (χ0n) is 16.6. The number of nitrogens with zero attached hydrogens (tertiary/aromatic N) is 5. The van der Waals surface area contributed by atoms with Crippen molar-refractivity contribution in [1.29, 1.82) is 0 Å². The number of hydrogen-bond acceptors (Lipinski definition) is 5. The van der Waals surface area contributed by atoms with E-state index in [1.54, 1.807) is 6.07 Å². The fourth-order valence-electron chi connectivity index (χ4n) is 3.66. The summed E-state index contributed by atoms with van der Waals surface area (Å²) in [5.74, 6) is 0.699. The smallest absolute Gasteiger partial charge is 0.272 e. The van der Waals surface area contributed by atoms with Gasteiger partial charge in [0, 0.05) is 50.2 Å². The minimum Gasteiger partial charge on any atom is -0.368 e. The molecule has 6 heteroatoms. The summed E-state index contributed by atoms with van der Waals surface area (Å²) in [6.45, 7) is 5.83. The number of piperazine rings is 1. The highest BCUT2D eigenvalue weighted by atomic mass is 16.2. The lowest BCUT2D eigenvalue weighted by Crippen LogP contribution is -2.49. The van der Waals surface area contributed by atoms with Crippen LogP contribution in [0.25, 0.3) is 0 Å². The van der Waals surface area contributed by atoms with Crippen LogP contribution in [0.2, 0.25) is 0 Å². The van der Waals surface area contributed by atoms with Gasteiger partial charge in [-0.3, -0.25) is 4.79 Å². The van der Waals surface area contributed by atoms with E-state index in [-0.39, 0.29) is 5.91 Å². The molecule has 0 N–H and O–H groups in total. The average molecular weight is 387 g/mol. The number of carbonyl (C=O) groups is 1. The molecule has 1 amide bonds. The van der Waals surface area contributed by atoms with Crippen LogP contribution in [0.4, 0.5) is 17.2 Å². The van der Waals surface area contributed by atoms with Crippen molar-refractivity contribution in [1.82, 2.24) is 14.9 Å². The van der Waals surface area contributed by atoms with E-state index in [0.717, 1.165) is 31.1 Å². The Kier molecular flexibility index (Phi) is 5.70. The van der Waals surface area contributed by atoms with Crippen LogP contribution in [0.15, 0.2) is 73.1 Å². The van der Waals surface area contributed by atoms with Crippen LogP contribution >= 0.6 is 0 Å². The average Bonchev–Trinajstić information content (AvgIpc) is 2.81. The summed E-state index contributed by atoms with van der Waals surface area (Å²) in [6, 6.07) is 22.2. The first-order valence-electron chi connectivity index (χ1n) is 10.00. The van der Waals surface area contributed by atoms with E-state index in [1.807, 2.05) is 53.4 Å². The van der Waals surface area contributed by atoms with E-state index < -0.39 is 0 Å².